The molecule has 1 unspecified atom stereocenters. The second-order valence-electron chi connectivity index (χ2n) is 6.44. The monoisotopic (exact) mass is 310 g/mol. The third-order valence-electron chi connectivity index (χ3n) is 4.56. The smallest absolute Gasteiger partial charge is 0.191 e. The minimum atomic E-state index is 0.434. The van der Waals surface area contributed by atoms with Crippen molar-refractivity contribution in [3.63, 3.8) is 0 Å². The first-order valence-electron chi connectivity index (χ1n) is 9.20. The number of guanidine groups is 1. The fraction of sp³-hybridized carbons (Fsp3) is 0.941. The Morgan fingerprint density at radius 1 is 1.23 bits per heavy atom. The first kappa shape index (κ1) is 17.5. The van der Waals surface area contributed by atoms with Gasteiger partial charge in [0.15, 0.2) is 5.96 Å². The maximum absolute atomic E-state index is 5.66. The molecular weight excluding hydrogens is 276 g/mol. The molecule has 5 heteroatoms. The summed E-state index contributed by atoms with van der Waals surface area (Å²) >= 11 is 0. The highest BCUT2D eigenvalue weighted by atomic mass is 16.5. The summed E-state index contributed by atoms with van der Waals surface area (Å²) in [6.07, 6.45) is 7.59. The van der Waals surface area contributed by atoms with Crippen LogP contribution in [0.2, 0.25) is 0 Å². The molecule has 0 spiro atoms. The summed E-state index contributed by atoms with van der Waals surface area (Å²) in [6.45, 7) is 10.7. The van der Waals surface area contributed by atoms with E-state index in [2.05, 4.69) is 29.4 Å². The highest BCUT2D eigenvalue weighted by Crippen LogP contribution is 2.15. The summed E-state index contributed by atoms with van der Waals surface area (Å²) in [5, 5.41) is 6.99. The van der Waals surface area contributed by atoms with Crippen LogP contribution in [0.5, 0.6) is 0 Å². The van der Waals surface area contributed by atoms with Gasteiger partial charge in [0.1, 0.15) is 0 Å². The Labute approximate surface area is 135 Å². The lowest BCUT2D eigenvalue weighted by Crippen LogP contribution is -2.48. The third-order valence-corrected chi connectivity index (χ3v) is 4.56. The summed E-state index contributed by atoms with van der Waals surface area (Å²) in [5.41, 5.74) is 0. The molecule has 2 aliphatic heterocycles. The second kappa shape index (κ2) is 10.1. The number of nitrogens with zero attached hydrogens (tertiary/aromatic N) is 2. The Balaban J connectivity index is 1.71. The molecule has 0 amide bonds. The zero-order chi connectivity index (χ0) is 15.6. The molecule has 1 atom stereocenters. The fourth-order valence-electron chi connectivity index (χ4n) is 3.32. The third kappa shape index (κ3) is 6.13. The second-order valence-corrected chi connectivity index (χ2v) is 6.44. The molecule has 0 aliphatic carbocycles. The molecule has 2 heterocycles. The van der Waals surface area contributed by atoms with Crippen molar-refractivity contribution in [3.05, 3.63) is 0 Å². The van der Waals surface area contributed by atoms with Gasteiger partial charge in [0.25, 0.3) is 0 Å². The number of likely N-dealkylation sites (tertiary alicyclic amines) is 1. The van der Waals surface area contributed by atoms with E-state index in [1.54, 1.807) is 0 Å². The Kier molecular flexibility index (Phi) is 8.02. The zero-order valence-electron chi connectivity index (χ0n) is 14.4. The molecule has 0 aromatic carbocycles. The van der Waals surface area contributed by atoms with Crippen LogP contribution < -0.4 is 10.6 Å². The average Bonchev–Trinajstić information content (AvgIpc) is 3.03. The van der Waals surface area contributed by atoms with Crippen molar-refractivity contribution in [3.8, 4) is 0 Å². The Bertz CT molecular complexity index is 321. The Morgan fingerprint density at radius 2 is 2.05 bits per heavy atom. The highest BCUT2D eigenvalue weighted by molar-refractivity contribution is 5.80. The van der Waals surface area contributed by atoms with Gasteiger partial charge in [-0.2, -0.15) is 0 Å². The lowest BCUT2D eigenvalue weighted by molar-refractivity contribution is 0.106. The van der Waals surface area contributed by atoms with E-state index in [4.69, 9.17) is 9.73 Å². The van der Waals surface area contributed by atoms with Crippen molar-refractivity contribution >= 4 is 5.96 Å². The number of hydrogen-bond acceptors (Lipinski definition) is 3. The number of piperidine rings is 1. The molecule has 2 fully saturated rings. The number of hydrogen-bond donors (Lipinski definition) is 2. The predicted molar refractivity (Wildman–Crippen MR) is 92.5 cm³/mol. The van der Waals surface area contributed by atoms with Crippen LogP contribution in [0.4, 0.5) is 0 Å². The van der Waals surface area contributed by atoms with Gasteiger partial charge in [0, 0.05) is 38.8 Å². The van der Waals surface area contributed by atoms with Gasteiger partial charge in [-0.3, -0.25) is 4.99 Å². The number of ether oxygens (including phenoxy) is 1. The van der Waals surface area contributed by atoms with Crippen LogP contribution >= 0.6 is 0 Å². The number of rotatable bonds is 7. The van der Waals surface area contributed by atoms with E-state index in [1.165, 1.54) is 51.7 Å². The van der Waals surface area contributed by atoms with Gasteiger partial charge in [-0.1, -0.05) is 6.92 Å². The fourth-order valence-corrected chi connectivity index (χ4v) is 3.32. The number of aliphatic imine (C=N–C) groups is 1. The summed E-state index contributed by atoms with van der Waals surface area (Å²) in [5.74, 6) is 0.981. The first-order valence-corrected chi connectivity index (χ1v) is 9.20. The van der Waals surface area contributed by atoms with Crippen LogP contribution in [0.3, 0.4) is 0 Å². The maximum Gasteiger partial charge on any atom is 0.191 e. The van der Waals surface area contributed by atoms with Crippen molar-refractivity contribution < 1.29 is 4.74 Å². The van der Waals surface area contributed by atoms with E-state index in [9.17, 15) is 0 Å². The van der Waals surface area contributed by atoms with Crippen LogP contribution in [0, 0.1) is 0 Å². The van der Waals surface area contributed by atoms with E-state index in [1.807, 2.05) is 0 Å². The van der Waals surface area contributed by atoms with Gasteiger partial charge in [-0.25, -0.2) is 0 Å². The van der Waals surface area contributed by atoms with Crippen LogP contribution in [0.15, 0.2) is 4.99 Å². The van der Waals surface area contributed by atoms with E-state index in [-0.39, 0.29) is 0 Å². The summed E-state index contributed by atoms with van der Waals surface area (Å²) in [4.78, 5) is 7.30. The van der Waals surface area contributed by atoms with Gasteiger partial charge in [0.05, 0.1) is 6.10 Å². The minimum absolute atomic E-state index is 0.434. The minimum Gasteiger partial charge on any atom is -0.378 e. The molecule has 128 valence electrons. The molecule has 0 aromatic heterocycles. The van der Waals surface area contributed by atoms with Crippen LogP contribution in [-0.2, 0) is 4.74 Å². The molecule has 22 heavy (non-hydrogen) atoms. The maximum atomic E-state index is 5.66. The molecule has 2 N–H and O–H groups in total. The van der Waals surface area contributed by atoms with Crippen molar-refractivity contribution in [2.24, 2.45) is 4.99 Å². The topological polar surface area (TPSA) is 48.9 Å². The van der Waals surface area contributed by atoms with Crippen LogP contribution in [0.25, 0.3) is 0 Å². The molecular formula is C17H34N4O. The molecule has 0 saturated carbocycles. The van der Waals surface area contributed by atoms with E-state index >= 15 is 0 Å². The molecule has 0 aromatic rings. The summed E-state index contributed by atoms with van der Waals surface area (Å²) in [6, 6.07) is 0.564. The molecule has 2 aliphatic rings. The zero-order valence-corrected chi connectivity index (χ0v) is 14.4. The normalized spacial score (nSPS) is 24.6. The largest absolute Gasteiger partial charge is 0.378 e. The van der Waals surface area contributed by atoms with E-state index in [0.717, 1.165) is 32.1 Å². The Hall–Kier alpha value is -0.810. The molecule has 0 radical (unpaired) electrons. The number of nitrogens with one attached hydrogen (secondary N) is 2. The van der Waals surface area contributed by atoms with E-state index < -0.39 is 0 Å². The predicted octanol–water partition coefficient (Wildman–Crippen LogP) is 1.99. The lowest BCUT2D eigenvalue weighted by Gasteiger charge is -2.32. The molecule has 5 nitrogen and oxygen atoms in total. The van der Waals surface area contributed by atoms with Crippen molar-refractivity contribution in [2.75, 3.05) is 39.3 Å². The van der Waals surface area contributed by atoms with Crippen LogP contribution in [0.1, 0.15) is 52.4 Å². The van der Waals surface area contributed by atoms with Gasteiger partial charge in [0.2, 0.25) is 0 Å². The lowest BCUT2D eigenvalue weighted by atomic mass is 10.1. The molecule has 0 bridgehead atoms. The van der Waals surface area contributed by atoms with Gasteiger partial charge >= 0.3 is 0 Å². The van der Waals surface area contributed by atoms with Gasteiger partial charge in [-0.15, -0.1) is 0 Å². The average molecular weight is 310 g/mol. The van der Waals surface area contributed by atoms with Crippen molar-refractivity contribution in [1.82, 2.24) is 15.5 Å². The van der Waals surface area contributed by atoms with Crippen molar-refractivity contribution in [2.45, 2.75) is 64.5 Å². The van der Waals surface area contributed by atoms with E-state index in [0.29, 0.717) is 12.1 Å². The van der Waals surface area contributed by atoms with Crippen molar-refractivity contribution in [1.29, 1.82) is 0 Å². The van der Waals surface area contributed by atoms with Gasteiger partial charge < -0.3 is 20.3 Å². The molecule has 2 rings (SSSR count). The SMILES string of the molecule is CCCN1CCC(NC(=NCCC2CCCO2)NCC)CC1. The highest BCUT2D eigenvalue weighted by Gasteiger charge is 2.19. The molecule has 2 saturated heterocycles. The first-order chi connectivity index (χ1) is 10.8. The Morgan fingerprint density at radius 3 is 2.68 bits per heavy atom. The summed E-state index contributed by atoms with van der Waals surface area (Å²) < 4.78 is 5.66. The standard InChI is InChI=1S/C17H34N4O/c1-3-11-21-12-8-15(9-13-21)20-17(18-4-2)19-10-7-16-6-5-14-22-16/h15-16H,3-14H2,1-2H3,(H2,18,19,20). The summed E-state index contributed by atoms with van der Waals surface area (Å²) in [7, 11) is 0. The van der Waals surface area contributed by atoms with Gasteiger partial charge in [-0.05, 0) is 52.0 Å². The van der Waals surface area contributed by atoms with Crippen LogP contribution in [-0.4, -0.2) is 62.3 Å². The quantitative estimate of drug-likeness (QED) is 0.558.